The Morgan fingerprint density at radius 3 is 2.53 bits per heavy atom. The number of ether oxygens (including phenoxy) is 1. The smallest absolute Gasteiger partial charge is 0.325 e. The quantitative estimate of drug-likeness (QED) is 0.483. The van der Waals surface area contributed by atoms with Gasteiger partial charge in [0.2, 0.25) is 15.8 Å². The van der Waals surface area contributed by atoms with Crippen LogP contribution in [0.1, 0.15) is 34.9 Å². The van der Waals surface area contributed by atoms with Crippen molar-refractivity contribution in [3.63, 3.8) is 0 Å². The van der Waals surface area contributed by atoms with Crippen molar-refractivity contribution in [3.8, 4) is 0 Å². The number of benzene rings is 2. The molecule has 4 rings (SSSR count). The molecule has 0 radical (unpaired) electrons. The second-order valence-electron chi connectivity index (χ2n) is 7.37. The van der Waals surface area contributed by atoms with Gasteiger partial charge in [-0.2, -0.15) is 4.31 Å². The number of H-pyrrole nitrogens is 1. The van der Waals surface area contributed by atoms with Crippen LogP contribution in [0.2, 0.25) is 0 Å². The zero-order valence-corrected chi connectivity index (χ0v) is 17.3. The molecule has 0 aliphatic carbocycles. The Kier molecular flexibility index (Phi) is 5.44. The molecule has 0 amide bonds. The van der Waals surface area contributed by atoms with Crippen LogP contribution in [0.3, 0.4) is 0 Å². The number of carbonyl (C=O) groups is 2. The average molecular weight is 426 g/mol. The molecule has 1 aliphatic heterocycles. The van der Waals surface area contributed by atoms with Gasteiger partial charge in [-0.05, 0) is 18.9 Å². The van der Waals surface area contributed by atoms with E-state index in [1.807, 2.05) is 24.3 Å². The third-order valence-corrected chi connectivity index (χ3v) is 6.62. The fourth-order valence-corrected chi connectivity index (χ4v) is 5.00. The number of carbonyl (C=O) groups excluding carboxylic acids is 2. The number of hydrogen-bond acceptors (Lipinski definition) is 5. The van der Waals surface area contributed by atoms with Gasteiger partial charge in [0, 0.05) is 34.8 Å². The molecule has 0 spiro atoms. The fourth-order valence-electron chi connectivity index (χ4n) is 3.88. The van der Waals surface area contributed by atoms with E-state index in [1.54, 1.807) is 36.5 Å². The number of nitrogens with one attached hydrogen (secondary N) is 1. The largest absolute Gasteiger partial charge is 0.448 e. The molecule has 0 saturated carbocycles. The lowest BCUT2D eigenvalue weighted by atomic mass is 9.99. The van der Waals surface area contributed by atoms with Gasteiger partial charge in [0.1, 0.15) is 6.04 Å². The molecule has 2 heterocycles. The van der Waals surface area contributed by atoms with Crippen molar-refractivity contribution in [1.82, 2.24) is 9.29 Å². The molecule has 2 aromatic carbocycles. The number of para-hydroxylation sites is 1. The monoisotopic (exact) mass is 426 g/mol. The van der Waals surface area contributed by atoms with Crippen molar-refractivity contribution in [3.05, 3.63) is 71.9 Å². The Labute approximate surface area is 174 Å². The van der Waals surface area contributed by atoms with E-state index in [0.29, 0.717) is 24.0 Å². The van der Waals surface area contributed by atoms with E-state index in [4.69, 9.17) is 4.74 Å². The van der Waals surface area contributed by atoms with E-state index in [0.717, 1.165) is 21.5 Å². The summed E-state index contributed by atoms with van der Waals surface area (Å²) in [6, 6.07) is 15.2. The molecular formula is C22H22N2O5S. The highest BCUT2D eigenvalue weighted by molar-refractivity contribution is 7.88. The number of Topliss-reactive ketones (excluding diaryl/α,β-unsaturated/α-hetero) is 1. The Balaban J connectivity index is 1.67. The fraction of sp³-hybridized carbons (Fsp3) is 0.273. The third-order valence-electron chi connectivity index (χ3n) is 5.33. The Morgan fingerprint density at radius 1 is 1.10 bits per heavy atom. The maximum absolute atomic E-state index is 13.4. The van der Waals surface area contributed by atoms with E-state index >= 15 is 0 Å². The number of ketones is 1. The second kappa shape index (κ2) is 8.04. The molecule has 1 aromatic heterocycles. The van der Waals surface area contributed by atoms with Gasteiger partial charge in [-0.3, -0.25) is 9.59 Å². The van der Waals surface area contributed by atoms with Crippen molar-refractivity contribution in [2.24, 2.45) is 0 Å². The summed E-state index contributed by atoms with van der Waals surface area (Å²) in [5.74, 6) is -1.07. The minimum Gasteiger partial charge on any atom is -0.448 e. The summed E-state index contributed by atoms with van der Waals surface area (Å²) in [7, 11) is -3.55. The molecule has 1 N–H and O–H groups in total. The summed E-state index contributed by atoms with van der Waals surface area (Å²) >= 11 is 0. The molecule has 0 unspecified atom stereocenters. The number of sulfonamides is 1. The molecule has 7 nitrogen and oxygen atoms in total. The van der Waals surface area contributed by atoms with Crippen LogP contribution < -0.4 is 0 Å². The van der Waals surface area contributed by atoms with Crippen molar-refractivity contribution in [1.29, 1.82) is 0 Å². The number of fused-ring (bicyclic) bond motifs is 1. The summed E-state index contributed by atoms with van der Waals surface area (Å²) in [4.78, 5) is 29.4. The lowest BCUT2D eigenvalue weighted by Crippen LogP contribution is -2.41. The molecule has 30 heavy (non-hydrogen) atoms. The zero-order valence-electron chi connectivity index (χ0n) is 16.4. The van der Waals surface area contributed by atoms with Crippen LogP contribution >= 0.6 is 0 Å². The maximum atomic E-state index is 13.4. The zero-order chi connectivity index (χ0) is 21.3. The summed E-state index contributed by atoms with van der Waals surface area (Å²) < 4.78 is 30.9. The number of hydrogen-bond donors (Lipinski definition) is 1. The Hall–Kier alpha value is -2.97. The standard InChI is InChI=1S/C22H22N2O5S/c1-30(27,28)24-13-7-12-19(24)22(26)29-21(15-8-3-2-4-9-15)20(25)17-14-23-18-11-6-5-10-16(17)18/h2-6,8-11,14,19,21,23H,7,12-13H2,1H3/t19-,21+/m0/s1. The summed E-state index contributed by atoms with van der Waals surface area (Å²) in [5, 5.41) is 0.734. The van der Waals surface area contributed by atoms with Crippen LogP contribution in [0.15, 0.2) is 60.8 Å². The normalized spacial score (nSPS) is 18.4. The first-order valence-corrected chi connectivity index (χ1v) is 11.5. The third kappa shape index (κ3) is 3.88. The first-order valence-electron chi connectivity index (χ1n) is 9.69. The highest BCUT2D eigenvalue weighted by Gasteiger charge is 2.40. The van der Waals surface area contributed by atoms with Crippen LogP contribution in [-0.2, 0) is 19.6 Å². The van der Waals surface area contributed by atoms with E-state index < -0.39 is 28.1 Å². The van der Waals surface area contributed by atoms with Crippen LogP contribution in [-0.4, -0.2) is 48.3 Å². The summed E-state index contributed by atoms with van der Waals surface area (Å²) in [6.45, 7) is 0.269. The molecule has 2 atom stereocenters. The van der Waals surface area contributed by atoms with Crippen molar-refractivity contribution in [2.75, 3.05) is 12.8 Å². The van der Waals surface area contributed by atoms with E-state index in [2.05, 4.69) is 4.98 Å². The van der Waals surface area contributed by atoms with E-state index in [1.165, 1.54) is 0 Å². The predicted molar refractivity (Wildman–Crippen MR) is 112 cm³/mol. The first-order chi connectivity index (χ1) is 14.4. The maximum Gasteiger partial charge on any atom is 0.325 e. The van der Waals surface area contributed by atoms with Crippen LogP contribution in [0.4, 0.5) is 0 Å². The van der Waals surface area contributed by atoms with Gasteiger partial charge in [-0.15, -0.1) is 0 Å². The van der Waals surface area contributed by atoms with Gasteiger partial charge in [-0.25, -0.2) is 8.42 Å². The number of rotatable bonds is 6. The van der Waals surface area contributed by atoms with Crippen LogP contribution in [0.5, 0.6) is 0 Å². The van der Waals surface area contributed by atoms with E-state index in [9.17, 15) is 18.0 Å². The lowest BCUT2D eigenvalue weighted by molar-refractivity contribution is -0.151. The van der Waals surface area contributed by atoms with Crippen molar-refractivity contribution in [2.45, 2.75) is 25.0 Å². The molecule has 3 aromatic rings. The van der Waals surface area contributed by atoms with Gasteiger partial charge in [0.25, 0.3) is 0 Å². The van der Waals surface area contributed by atoms with Gasteiger partial charge in [-0.1, -0.05) is 48.5 Å². The van der Waals surface area contributed by atoms with Gasteiger partial charge in [0.15, 0.2) is 6.10 Å². The minimum atomic E-state index is -3.55. The van der Waals surface area contributed by atoms with Gasteiger partial charge >= 0.3 is 5.97 Å². The minimum absolute atomic E-state index is 0.269. The van der Waals surface area contributed by atoms with Crippen LogP contribution in [0.25, 0.3) is 10.9 Å². The number of esters is 1. The van der Waals surface area contributed by atoms with Crippen molar-refractivity contribution >= 4 is 32.7 Å². The van der Waals surface area contributed by atoms with Crippen LogP contribution in [0, 0.1) is 0 Å². The Bertz CT molecular complexity index is 1190. The second-order valence-corrected chi connectivity index (χ2v) is 9.31. The topological polar surface area (TPSA) is 96.5 Å². The molecule has 1 saturated heterocycles. The molecule has 156 valence electrons. The SMILES string of the molecule is CS(=O)(=O)N1CCC[C@H]1C(=O)O[C@@H](C(=O)c1c[nH]c2ccccc12)c1ccccc1. The molecule has 0 bridgehead atoms. The highest BCUT2D eigenvalue weighted by atomic mass is 32.2. The summed E-state index contributed by atoms with van der Waals surface area (Å²) in [6.07, 6.45) is 2.45. The molecule has 1 aliphatic rings. The van der Waals surface area contributed by atoms with E-state index in [-0.39, 0.29) is 12.3 Å². The molecule has 8 heteroatoms. The number of aromatic amines is 1. The van der Waals surface area contributed by atoms with Gasteiger partial charge < -0.3 is 9.72 Å². The number of aromatic nitrogens is 1. The average Bonchev–Trinajstić information content (AvgIpc) is 3.39. The highest BCUT2D eigenvalue weighted by Crippen LogP contribution is 2.29. The Morgan fingerprint density at radius 2 is 1.80 bits per heavy atom. The number of nitrogens with zero attached hydrogens (tertiary/aromatic N) is 1. The molecular weight excluding hydrogens is 404 g/mol. The van der Waals surface area contributed by atoms with Gasteiger partial charge in [0.05, 0.1) is 6.26 Å². The van der Waals surface area contributed by atoms with Crippen molar-refractivity contribution < 1.29 is 22.7 Å². The molecule has 1 fully saturated rings. The predicted octanol–water partition coefficient (Wildman–Crippen LogP) is 3.06. The lowest BCUT2D eigenvalue weighted by Gasteiger charge is -2.24. The summed E-state index contributed by atoms with van der Waals surface area (Å²) in [5.41, 5.74) is 1.75. The first kappa shape index (κ1) is 20.3.